The Hall–Kier alpha value is -2.09. The second-order valence-corrected chi connectivity index (χ2v) is 4.81. The fourth-order valence-corrected chi connectivity index (χ4v) is 2.14. The van der Waals surface area contributed by atoms with E-state index in [2.05, 4.69) is 23.3 Å². The molecule has 0 aliphatic heterocycles. The number of pyridine rings is 1. The van der Waals surface area contributed by atoms with Crippen LogP contribution in [0.1, 0.15) is 49.7 Å². The maximum Gasteiger partial charge on any atom is 0.254 e. The highest BCUT2D eigenvalue weighted by atomic mass is 16.2. The van der Waals surface area contributed by atoms with E-state index in [1.165, 1.54) is 0 Å². The molecule has 0 unspecified atom stereocenters. The van der Waals surface area contributed by atoms with E-state index in [0.717, 1.165) is 30.9 Å². The molecule has 1 rings (SSSR count). The summed E-state index contributed by atoms with van der Waals surface area (Å²) >= 11 is 0. The van der Waals surface area contributed by atoms with Crippen molar-refractivity contribution >= 4 is 11.7 Å². The van der Waals surface area contributed by atoms with Gasteiger partial charge in [0.15, 0.2) is 0 Å². The molecule has 0 bridgehead atoms. The predicted octanol–water partition coefficient (Wildman–Crippen LogP) is 2.84. The lowest BCUT2D eigenvalue weighted by Gasteiger charge is -2.20. The lowest BCUT2D eigenvalue weighted by atomic mass is 10.1. The maximum absolute atomic E-state index is 12.6. The van der Waals surface area contributed by atoms with Crippen molar-refractivity contribution in [2.45, 2.75) is 40.0 Å². The van der Waals surface area contributed by atoms with Gasteiger partial charge in [-0.05, 0) is 32.4 Å². The topological polar surface area (TPSA) is 69.0 Å². The van der Waals surface area contributed by atoms with Crippen LogP contribution in [0.4, 0.5) is 5.82 Å². The fraction of sp³-hybridized carbons (Fsp3) is 0.562. The Labute approximate surface area is 127 Å². The molecule has 1 aromatic rings. The van der Waals surface area contributed by atoms with Gasteiger partial charge in [-0.2, -0.15) is 5.26 Å². The Morgan fingerprint density at radius 1 is 1.38 bits per heavy atom. The molecule has 0 atom stereocenters. The molecule has 0 aliphatic rings. The summed E-state index contributed by atoms with van der Waals surface area (Å²) in [6, 6.07) is 5.74. The van der Waals surface area contributed by atoms with Crippen LogP contribution >= 0.6 is 0 Å². The minimum absolute atomic E-state index is 0.0355. The van der Waals surface area contributed by atoms with Gasteiger partial charge < -0.3 is 10.2 Å². The number of nitrogens with one attached hydrogen (secondary N) is 1. The number of nitrogens with zero attached hydrogens (tertiary/aromatic N) is 3. The zero-order valence-electron chi connectivity index (χ0n) is 13.1. The van der Waals surface area contributed by atoms with Crippen LogP contribution in [-0.2, 0) is 6.42 Å². The van der Waals surface area contributed by atoms with Crippen molar-refractivity contribution in [1.82, 2.24) is 9.88 Å². The van der Waals surface area contributed by atoms with Crippen molar-refractivity contribution in [3.05, 3.63) is 23.4 Å². The van der Waals surface area contributed by atoms with Gasteiger partial charge in [-0.1, -0.05) is 13.3 Å². The summed E-state index contributed by atoms with van der Waals surface area (Å²) in [5, 5.41) is 11.9. The molecule has 0 aromatic carbocycles. The van der Waals surface area contributed by atoms with Gasteiger partial charge in [0.25, 0.3) is 5.91 Å². The van der Waals surface area contributed by atoms with Gasteiger partial charge in [0.1, 0.15) is 5.82 Å². The highest BCUT2D eigenvalue weighted by Gasteiger charge is 2.16. The minimum atomic E-state index is -0.0355. The molecule has 0 saturated carbocycles. The number of rotatable bonds is 8. The third-order valence-electron chi connectivity index (χ3n) is 3.15. The van der Waals surface area contributed by atoms with Gasteiger partial charge in [0.2, 0.25) is 0 Å². The number of carbonyl (C=O) groups is 1. The van der Waals surface area contributed by atoms with Crippen LogP contribution in [0.3, 0.4) is 0 Å². The molecule has 0 fully saturated rings. The van der Waals surface area contributed by atoms with Crippen molar-refractivity contribution in [2.75, 3.05) is 25.0 Å². The largest absolute Gasteiger partial charge is 0.370 e. The van der Waals surface area contributed by atoms with E-state index in [1.54, 1.807) is 11.0 Å². The van der Waals surface area contributed by atoms with E-state index in [-0.39, 0.29) is 5.91 Å². The average Bonchev–Trinajstić information content (AvgIpc) is 2.48. The van der Waals surface area contributed by atoms with Gasteiger partial charge in [-0.15, -0.1) is 0 Å². The predicted molar refractivity (Wildman–Crippen MR) is 84.2 cm³/mol. The van der Waals surface area contributed by atoms with E-state index in [1.807, 2.05) is 19.9 Å². The highest BCUT2D eigenvalue weighted by Crippen LogP contribution is 2.14. The molecule has 1 aromatic heterocycles. The quantitative estimate of drug-likeness (QED) is 0.798. The summed E-state index contributed by atoms with van der Waals surface area (Å²) in [7, 11) is 0. The first-order valence-corrected chi connectivity index (χ1v) is 7.57. The van der Waals surface area contributed by atoms with Crippen molar-refractivity contribution in [3.8, 4) is 6.07 Å². The smallest absolute Gasteiger partial charge is 0.254 e. The number of carbonyl (C=O) groups excluding carboxylic acids is 1. The zero-order valence-corrected chi connectivity index (χ0v) is 13.1. The van der Waals surface area contributed by atoms with Crippen molar-refractivity contribution in [1.29, 1.82) is 5.26 Å². The Balaban J connectivity index is 3.02. The van der Waals surface area contributed by atoms with Crippen LogP contribution in [0.25, 0.3) is 0 Å². The molecule has 5 nitrogen and oxygen atoms in total. The van der Waals surface area contributed by atoms with E-state index in [0.29, 0.717) is 25.1 Å². The number of aryl methyl sites for hydroxylation is 1. The first kappa shape index (κ1) is 17.0. The zero-order chi connectivity index (χ0) is 15.7. The summed E-state index contributed by atoms with van der Waals surface area (Å²) in [5.74, 6) is 0.704. The van der Waals surface area contributed by atoms with Crippen molar-refractivity contribution in [3.63, 3.8) is 0 Å². The number of anilines is 1. The van der Waals surface area contributed by atoms with Crippen LogP contribution in [0, 0.1) is 11.3 Å². The summed E-state index contributed by atoms with van der Waals surface area (Å²) in [5.41, 5.74) is 1.57. The Morgan fingerprint density at radius 2 is 2.14 bits per heavy atom. The minimum Gasteiger partial charge on any atom is -0.370 e. The summed E-state index contributed by atoms with van der Waals surface area (Å²) in [6.45, 7) is 7.85. The van der Waals surface area contributed by atoms with Gasteiger partial charge >= 0.3 is 0 Å². The lowest BCUT2D eigenvalue weighted by molar-refractivity contribution is 0.0767. The molecule has 1 amide bonds. The van der Waals surface area contributed by atoms with Gasteiger partial charge in [0.05, 0.1) is 12.5 Å². The monoisotopic (exact) mass is 288 g/mol. The molecule has 5 heteroatoms. The molecule has 1 N–H and O–H groups in total. The second-order valence-electron chi connectivity index (χ2n) is 4.81. The van der Waals surface area contributed by atoms with Crippen LogP contribution in [-0.4, -0.2) is 35.4 Å². The Morgan fingerprint density at radius 3 is 2.71 bits per heavy atom. The van der Waals surface area contributed by atoms with Crippen molar-refractivity contribution in [2.24, 2.45) is 0 Å². The number of nitriles is 1. The van der Waals surface area contributed by atoms with Gasteiger partial charge in [0, 0.05) is 30.9 Å². The van der Waals surface area contributed by atoms with E-state index in [9.17, 15) is 4.79 Å². The fourth-order valence-electron chi connectivity index (χ4n) is 2.14. The number of aromatic nitrogens is 1. The number of amides is 1. The molecule has 21 heavy (non-hydrogen) atoms. The van der Waals surface area contributed by atoms with Crippen LogP contribution < -0.4 is 5.32 Å². The van der Waals surface area contributed by atoms with Crippen LogP contribution in [0.15, 0.2) is 12.1 Å². The van der Waals surface area contributed by atoms with E-state index >= 15 is 0 Å². The molecule has 0 radical (unpaired) electrons. The third-order valence-corrected chi connectivity index (χ3v) is 3.15. The normalized spacial score (nSPS) is 10.0. The Kier molecular flexibility index (Phi) is 7.24. The number of hydrogen-bond acceptors (Lipinski definition) is 4. The molecule has 0 saturated heterocycles. The maximum atomic E-state index is 12.6. The van der Waals surface area contributed by atoms with Gasteiger partial charge in [-0.25, -0.2) is 4.98 Å². The van der Waals surface area contributed by atoms with Crippen LogP contribution in [0.5, 0.6) is 0 Å². The Bertz CT molecular complexity index is 483. The standard InChI is InChI=1S/C16H24N4O/c1-4-8-14-11-13(12-15(19-14)18-5-2)16(21)20(6-3)10-7-9-17/h11-12H,4-8,10H2,1-3H3,(H,18,19). The molecule has 1 heterocycles. The van der Waals surface area contributed by atoms with E-state index in [4.69, 9.17) is 5.26 Å². The van der Waals surface area contributed by atoms with Crippen LogP contribution in [0.2, 0.25) is 0 Å². The van der Waals surface area contributed by atoms with Gasteiger partial charge in [-0.3, -0.25) is 4.79 Å². The molecular weight excluding hydrogens is 264 g/mol. The molecular formula is C16H24N4O. The SMILES string of the molecule is CCCc1cc(C(=O)N(CC)CCC#N)cc(NCC)n1. The molecule has 0 aliphatic carbocycles. The third kappa shape index (κ3) is 5.07. The number of hydrogen-bond donors (Lipinski definition) is 1. The summed E-state index contributed by atoms with van der Waals surface area (Å²) in [6.07, 6.45) is 2.19. The first-order chi connectivity index (χ1) is 10.2. The molecule has 114 valence electrons. The highest BCUT2D eigenvalue weighted by molar-refractivity contribution is 5.95. The molecule has 0 spiro atoms. The lowest BCUT2D eigenvalue weighted by Crippen LogP contribution is -2.31. The van der Waals surface area contributed by atoms with E-state index < -0.39 is 0 Å². The first-order valence-electron chi connectivity index (χ1n) is 7.57. The second kappa shape index (κ2) is 8.96. The average molecular weight is 288 g/mol. The summed E-state index contributed by atoms with van der Waals surface area (Å²) in [4.78, 5) is 18.8. The summed E-state index contributed by atoms with van der Waals surface area (Å²) < 4.78 is 0. The van der Waals surface area contributed by atoms with Crippen molar-refractivity contribution < 1.29 is 4.79 Å².